The fraction of sp³-hybridized carbons (Fsp3) is 0.200. The molecule has 0 aromatic heterocycles. The van der Waals surface area contributed by atoms with E-state index in [2.05, 4.69) is 21.2 Å². The molecule has 1 nitrogen and oxygen atoms in total. The van der Waals surface area contributed by atoms with Crippen molar-refractivity contribution < 1.29 is 17.6 Å². The first-order valence-corrected chi connectivity index (χ1v) is 6.92. The van der Waals surface area contributed by atoms with E-state index in [-0.39, 0.29) is 12.1 Å². The van der Waals surface area contributed by atoms with Crippen LogP contribution in [0, 0.1) is 12.7 Å². The van der Waals surface area contributed by atoms with Crippen molar-refractivity contribution in [3.8, 4) is 0 Å². The summed E-state index contributed by atoms with van der Waals surface area (Å²) in [6.07, 6.45) is -4.55. The first kappa shape index (κ1) is 15.8. The lowest BCUT2D eigenvalue weighted by Gasteiger charge is -2.12. The zero-order valence-electron chi connectivity index (χ0n) is 11.1. The highest BCUT2D eigenvalue weighted by Crippen LogP contribution is 2.31. The van der Waals surface area contributed by atoms with E-state index in [1.807, 2.05) is 25.1 Å². The number of nitrogens with one attached hydrogen (secondary N) is 1. The molecule has 112 valence electrons. The van der Waals surface area contributed by atoms with Gasteiger partial charge in [0, 0.05) is 16.7 Å². The van der Waals surface area contributed by atoms with Gasteiger partial charge in [-0.3, -0.25) is 0 Å². The van der Waals surface area contributed by atoms with Crippen molar-refractivity contribution in [1.29, 1.82) is 0 Å². The van der Waals surface area contributed by atoms with Crippen LogP contribution in [-0.4, -0.2) is 0 Å². The van der Waals surface area contributed by atoms with Crippen LogP contribution in [0.5, 0.6) is 0 Å². The highest BCUT2D eigenvalue weighted by Gasteiger charge is 2.31. The van der Waals surface area contributed by atoms with Gasteiger partial charge in [0.25, 0.3) is 0 Å². The van der Waals surface area contributed by atoms with Crippen LogP contribution in [0.1, 0.15) is 16.7 Å². The number of hydrogen-bond donors (Lipinski definition) is 1. The predicted octanol–water partition coefficient (Wildman–Crippen LogP) is 5.53. The van der Waals surface area contributed by atoms with Crippen LogP contribution in [0.4, 0.5) is 23.2 Å². The number of halogens is 5. The van der Waals surface area contributed by atoms with Gasteiger partial charge in [-0.1, -0.05) is 6.07 Å². The average molecular weight is 362 g/mol. The molecule has 2 aromatic rings. The van der Waals surface area contributed by atoms with Crippen LogP contribution in [-0.2, 0) is 12.7 Å². The maximum atomic E-state index is 13.3. The van der Waals surface area contributed by atoms with Gasteiger partial charge in [-0.05, 0) is 64.3 Å². The molecular weight excluding hydrogens is 350 g/mol. The van der Waals surface area contributed by atoms with E-state index in [4.69, 9.17) is 0 Å². The predicted molar refractivity (Wildman–Crippen MR) is 77.6 cm³/mol. The molecule has 1 N–H and O–H groups in total. The lowest BCUT2D eigenvalue weighted by Crippen LogP contribution is -2.08. The summed E-state index contributed by atoms with van der Waals surface area (Å²) in [6.45, 7) is 2.00. The Bertz CT molecular complexity index is 653. The SMILES string of the molecule is Cc1ccc(Br)c(NCc2cc(F)cc(C(F)(F)F)c2)c1. The molecule has 0 atom stereocenters. The summed E-state index contributed by atoms with van der Waals surface area (Å²) in [7, 11) is 0. The summed E-state index contributed by atoms with van der Waals surface area (Å²) in [5, 5.41) is 3.00. The van der Waals surface area contributed by atoms with Gasteiger partial charge in [0.2, 0.25) is 0 Å². The first-order valence-electron chi connectivity index (χ1n) is 6.12. The summed E-state index contributed by atoms with van der Waals surface area (Å²) >= 11 is 3.35. The summed E-state index contributed by atoms with van der Waals surface area (Å²) in [5.41, 5.74) is 1.00. The van der Waals surface area contributed by atoms with Crippen molar-refractivity contribution in [3.63, 3.8) is 0 Å². The molecule has 0 aliphatic heterocycles. The van der Waals surface area contributed by atoms with Crippen LogP contribution < -0.4 is 5.32 Å². The average Bonchev–Trinajstić information content (AvgIpc) is 2.38. The fourth-order valence-corrected chi connectivity index (χ4v) is 2.27. The van der Waals surface area contributed by atoms with Crippen LogP contribution >= 0.6 is 15.9 Å². The Labute approximate surface area is 128 Å². The Morgan fingerprint density at radius 1 is 1.10 bits per heavy atom. The molecule has 0 heterocycles. The Morgan fingerprint density at radius 3 is 2.48 bits per heavy atom. The molecule has 0 bridgehead atoms. The van der Waals surface area contributed by atoms with E-state index < -0.39 is 17.6 Å². The molecule has 0 spiro atoms. The van der Waals surface area contributed by atoms with Gasteiger partial charge in [0.05, 0.1) is 5.56 Å². The van der Waals surface area contributed by atoms with Gasteiger partial charge >= 0.3 is 6.18 Å². The summed E-state index contributed by atoms with van der Waals surface area (Å²) in [4.78, 5) is 0. The molecule has 0 saturated carbocycles. The van der Waals surface area contributed by atoms with Crippen molar-refractivity contribution in [2.75, 3.05) is 5.32 Å². The summed E-state index contributed by atoms with van der Waals surface area (Å²) < 4.78 is 52.0. The quantitative estimate of drug-likeness (QED) is 0.709. The molecule has 21 heavy (non-hydrogen) atoms. The highest BCUT2D eigenvalue weighted by atomic mass is 79.9. The monoisotopic (exact) mass is 361 g/mol. The second kappa shape index (κ2) is 6.05. The number of rotatable bonds is 3. The Kier molecular flexibility index (Phi) is 4.56. The molecule has 2 rings (SSSR count). The van der Waals surface area contributed by atoms with E-state index >= 15 is 0 Å². The van der Waals surface area contributed by atoms with Gasteiger partial charge in [-0.25, -0.2) is 4.39 Å². The second-order valence-electron chi connectivity index (χ2n) is 4.68. The minimum Gasteiger partial charge on any atom is -0.380 e. The third-order valence-electron chi connectivity index (χ3n) is 2.89. The van der Waals surface area contributed by atoms with Crippen molar-refractivity contribution in [1.82, 2.24) is 0 Å². The molecule has 0 unspecified atom stereocenters. The molecule has 2 aromatic carbocycles. The number of alkyl halides is 3. The maximum absolute atomic E-state index is 13.3. The Hall–Kier alpha value is -1.56. The van der Waals surface area contributed by atoms with Gasteiger partial charge in [0.1, 0.15) is 5.82 Å². The third-order valence-corrected chi connectivity index (χ3v) is 3.58. The largest absolute Gasteiger partial charge is 0.416 e. The summed E-state index contributed by atoms with van der Waals surface area (Å²) in [6, 6.07) is 8.12. The van der Waals surface area contributed by atoms with E-state index in [0.29, 0.717) is 6.07 Å². The van der Waals surface area contributed by atoms with Crippen molar-refractivity contribution in [2.45, 2.75) is 19.6 Å². The lowest BCUT2D eigenvalue weighted by atomic mass is 10.1. The van der Waals surface area contributed by atoms with Crippen molar-refractivity contribution in [3.05, 3.63) is 63.4 Å². The second-order valence-corrected chi connectivity index (χ2v) is 5.54. The van der Waals surface area contributed by atoms with Crippen LogP contribution in [0.25, 0.3) is 0 Å². The molecule has 0 radical (unpaired) electrons. The van der Waals surface area contributed by atoms with Gasteiger partial charge < -0.3 is 5.32 Å². The molecule has 0 saturated heterocycles. The van der Waals surface area contributed by atoms with Crippen LogP contribution in [0.15, 0.2) is 40.9 Å². The molecule has 0 aliphatic carbocycles. The zero-order chi connectivity index (χ0) is 15.6. The molecule has 0 fully saturated rings. The van der Waals surface area contributed by atoms with E-state index in [9.17, 15) is 17.6 Å². The third kappa shape index (κ3) is 4.20. The maximum Gasteiger partial charge on any atom is 0.416 e. The lowest BCUT2D eigenvalue weighted by molar-refractivity contribution is -0.137. The molecule has 0 amide bonds. The number of anilines is 1. The van der Waals surface area contributed by atoms with Gasteiger partial charge in [0.15, 0.2) is 0 Å². The first-order chi connectivity index (χ1) is 9.75. The van der Waals surface area contributed by atoms with Crippen molar-refractivity contribution >= 4 is 21.6 Å². The number of benzene rings is 2. The molecule has 0 aliphatic rings. The standard InChI is InChI=1S/C15H12BrF4N/c1-9-2-3-13(16)14(4-9)21-8-10-5-11(15(18,19)20)7-12(17)6-10/h2-7,21H,8H2,1H3. The van der Waals surface area contributed by atoms with E-state index in [0.717, 1.165) is 27.9 Å². The highest BCUT2D eigenvalue weighted by molar-refractivity contribution is 9.10. The number of aryl methyl sites for hydroxylation is 1. The molecule has 6 heteroatoms. The minimum absolute atomic E-state index is 0.100. The minimum atomic E-state index is -4.55. The van der Waals surface area contributed by atoms with Gasteiger partial charge in [-0.2, -0.15) is 13.2 Å². The van der Waals surface area contributed by atoms with E-state index in [1.165, 1.54) is 0 Å². The zero-order valence-corrected chi connectivity index (χ0v) is 12.6. The smallest absolute Gasteiger partial charge is 0.380 e. The number of hydrogen-bond acceptors (Lipinski definition) is 1. The normalized spacial score (nSPS) is 11.5. The van der Waals surface area contributed by atoms with Crippen LogP contribution in [0.2, 0.25) is 0 Å². The fourth-order valence-electron chi connectivity index (χ4n) is 1.89. The topological polar surface area (TPSA) is 12.0 Å². The Morgan fingerprint density at radius 2 is 1.81 bits per heavy atom. The summed E-state index contributed by atoms with van der Waals surface area (Å²) in [5.74, 6) is -0.898. The van der Waals surface area contributed by atoms with Gasteiger partial charge in [-0.15, -0.1) is 0 Å². The molecular formula is C15H12BrF4N. The Balaban J connectivity index is 2.20. The van der Waals surface area contributed by atoms with E-state index in [1.54, 1.807) is 0 Å². The van der Waals surface area contributed by atoms with Crippen molar-refractivity contribution in [2.24, 2.45) is 0 Å². The van der Waals surface area contributed by atoms with Crippen LogP contribution in [0.3, 0.4) is 0 Å².